The predicted molar refractivity (Wildman–Crippen MR) is 60.5 cm³/mol. The van der Waals surface area contributed by atoms with Crippen molar-refractivity contribution in [2.75, 3.05) is 0 Å². The molecule has 0 aliphatic carbocycles. The molecule has 15 heavy (non-hydrogen) atoms. The molecule has 0 fully saturated rings. The Hall–Kier alpha value is -1.06. The van der Waals surface area contributed by atoms with E-state index in [4.69, 9.17) is 23.2 Å². The molecule has 0 spiro atoms. The molecular weight excluding hydrogens is 233 g/mol. The maximum atomic E-state index is 5.85. The van der Waals surface area contributed by atoms with Crippen LogP contribution in [0.25, 0.3) is 5.69 Å². The summed E-state index contributed by atoms with van der Waals surface area (Å²) in [6.45, 7) is 0. The molecule has 0 aliphatic heterocycles. The van der Waals surface area contributed by atoms with Crippen LogP contribution >= 0.6 is 23.2 Å². The monoisotopic (exact) mass is 241 g/mol. The Morgan fingerprint density at radius 2 is 1.93 bits per heavy atom. The Morgan fingerprint density at radius 3 is 2.67 bits per heavy atom. The van der Waals surface area contributed by atoms with Crippen molar-refractivity contribution in [3.8, 4) is 5.69 Å². The van der Waals surface area contributed by atoms with Gasteiger partial charge in [-0.1, -0.05) is 23.4 Å². The maximum Gasteiger partial charge on any atom is 0.0793 e. The van der Waals surface area contributed by atoms with Crippen LogP contribution in [0.1, 0.15) is 11.3 Å². The van der Waals surface area contributed by atoms with Gasteiger partial charge in [-0.25, -0.2) is 4.68 Å². The van der Waals surface area contributed by atoms with Crippen molar-refractivity contribution in [1.29, 1.82) is 0 Å². The second-order valence-corrected chi connectivity index (χ2v) is 3.57. The second kappa shape index (κ2) is 4.64. The summed E-state index contributed by atoms with van der Waals surface area (Å²) >= 11 is 11.6. The molecular formula is C10H9Cl2N3. The van der Waals surface area contributed by atoms with Crippen molar-refractivity contribution in [3.63, 3.8) is 0 Å². The highest BCUT2D eigenvalue weighted by molar-refractivity contribution is 6.17. The molecule has 1 heterocycles. The van der Waals surface area contributed by atoms with Crippen LogP contribution in [0.4, 0.5) is 0 Å². The number of benzene rings is 1. The summed E-state index contributed by atoms with van der Waals surface area (Å²) in [6.07, 6.45) is 1.65. The first-order valence-corrected chi connectivity index (χ1v) is 5.53. The summed E-state index contributed by atoms with van der Waals surface area (Å²) in [5, 5.41) is 7.82. The molecule has 0 atom stereocenters. The summed E-state index contributed by atoms with van der Waals surface area (Å²) in [5.41, 5.74) is 2.80. The molecule has 0 bridgehead atoms. The van der Waals surface area contributed by atoms with Gasteiger partial charge < -0.3 is 0 Å². The van der Waals surface area contributed by atoms with Gasteiger partial charge in [-0.2, -0.15) is 0 Å². The quantitative estimate of drug-likeness (QED) is 0.775. The lowest BCUT2D eigenvalue weighted by molar-refractivity contribution is 0.776. The Morgan fingerprint density at radius 1 is 1.13 bits per heavy atom. The lowest BCUT2D eigenvalue weighted by atomic mass is 10.2. The van der Waals surface area contributed by atoms with Crippen LogP contribution < -0.4 is 0 Å². The number of aromatic nitrogens is 3. The van der Waals surface area contributed by atoms with Crippen molar-refractivity contribution in [3.05, 3.63) is 41.7 Å². The second-order valence-electron chi connectivity index (χ2n) is 3.03. The van der Waals surface area contributed by atoms with Crippen LogP contribution in [0.15, 0.2) is 30.5 Å². The summed E-state index contributed by atoms with van der Waals surface area (Å²) in [5.74, 6) is 0.821. The highest BCUT2D eigenvalue weighted by Crippen LogP contribution is 2.17. The highest BCUT2D eigenvalue weighted by Gasteiger charge is 2.08. The maximum absolute atomic E-state index is 5.85. The van der Waals surface area contributed by atoms with Crippen LogP contribution in [0.3, 0.4) is 0 Å². The number of para-hydroxylation sites is 1. The highest BCUT2D eigenvalue weighted by atomic mass is 35.5. The Balaban J connectivity index is 2.53. The van der Waals surface area contributed by atoms with Gasteiger partial charge in [0.2, 0.25) is 0 Å². The number of halogens is 2. The summed E-state index contributed by atoms with van der Waals surface area (Å²) in [7, 11) is 0. The van der Waals surface area contributed by atoms with Crippen molar-refractivity contribution >= 4 is 23.2 Å². The molecule has 0 amide bonds. The first-order chi connectivity index (χ1) is 7.36. The zero-order valence-corrected chi connectivity index (χ0v) is 9.41. The van der Waals surface area contributed by atoms with Crippen molar-refractivity contribution in [2.24, 2.45) is 0 Å². The minimum atomic E-state index is 0.379. The molecule has 2 rings (SSSR count). The van der Waals surface area contributed by atoms with Gasteiger partial charge in [0.25, 0.3) is 0 Å². The van der Waals surface area contributed by atoms with E-state index in [1.165, 1.54) is 0 Å². The van der Waals surface area contributed by atoms with E-state index in [0.29, 0.717) is 11.8 Å². The molecule has 0 saturated heterocycles. The molecule has 2 aromatic rings. The van der Waals surface area contributed by atoms with Crippen molar-refractivity contribution in [1.82, 2.24) is 15.0 Å². The summed E-state index contributed by atoms with van der Waals surface area (Å²) in [4.78, 5) is 0. The van der Waals surface area contributed by atoms with Gasteiger partial charge in [0, 0.05) is 5.88 Å². The third-order valence-electron chi connectivity index (χ3n) is 2.12. The van der Waals surface area contributed by atoms with Crippen LogP contribution in [0.2, 0.25) is 0 Å². The number of hydrogen-bond acceptors (Lipinski definition) is 2. The van der Waals surface area contributed by atoms with Gasteiger partial charge >= 0.3 is 0 Å². The van der Waals surface area contributed by atoms with Crippen molar-refractivity contribution < 1.29 is 0 Å². The van der Waals surface area contributed by atoms with Gasteiger partial charge in [0.15, 0.2) is 0 Å². The summed E-state index contributed by atoms with van der Waals surface area (Å²) in [6, 6.07) is 7.79. The van der Waals surface area contributed by atoms with Gasteiger partial charge in [0.05, 0.1) is 23.5 Å². The van der Waals surface area contributed by atoms with E-state index in [1.54, 1.807) is 10.9 Å². The van der Waals surface area contributed by atoms with Crippen LogP contribution in [-0.2, 0) is 11.8 Å². The molecule has 78 valence electrons. The molecule has 0 saturated carbocycles. The minimum absolute atomic E-state index is 0.379. The van der Waals surface area contributed by atoms with Crippen molar-refractivity contribution in [2.45, 2.75) is 11.8 Å². The molecule has 1 aromatic carbocycles. The molecule has 0 unspecified atom stereocenters. The Labute approximate surface area is 97.6 Å². The van der Waals surface area contributed by atoms with E-state index in [2.05, 4.69) is 10.3 Å². The molecule has 1 aromatic heterocycles. The Bertz CT molecular complexity index is 453. The van der Waals surface area contributed by atoms with Crippen LogP contribution in [-0.4, -0.2) is 15.0 Å². The fourth-order valence-electron chi connectivity index (χ4n) is 1.38. The average molecular weight is 242 g/mol. The number of nitrogens with zero attached hydrogens (tertiary/aromatic N) is 3. The lowest BCUT2D eigenvalue weighted by Crippen LogP contribution is -2.03. The van der Waals surface area contributed by atoms with Crippen LogP contribution in [0.5, 0.6) is 0 Å². The number of alkyl halides is 2. The molecule has 0 N–H and O–H groups in total. The largest absolute Gasteiger partial charge is 0.216 e. The summed E-state index contributed by atoms with van der Waals surface area (Å²) < 4.78 is 1.71. The first-order valence-electron chi connectivity index (χ1n) is 4.46. The fourth-order valence-corrected chi connectivity index (χ4v) is 1.79. The van der Waals surface area contributed by atoms with E-state index in [-0.39, 0.29) is 0 Å². The smallest absolute Gasteiger partial charge is 0.0793 e. The zero-order valence-electron chi connectivity index (χ0n) is 7.90. The minimum Gasteiger partial charge on any atom is -0.216 e. The Kier molecular flexibility index (Phi) is 3.23. The van der Waals surface area contributed by atoms with E-state index in [1.807, 2.05) is 24.3 Å². The third kappa shape index (κ3) is 1.98. The van der Waals surface area contributed by atoms with Crippen LogP contribution in [0, 0.1) is 0 Å². The molecule has 5 heteroatoms. The number of hydrogen-bond donors (Lipinski definition) is 0. The SMILES string of the molecule is ClCc1ccccc1-n1nncc1CCl. The van der Waals surface area contributed by atoms with E-state index < -0.39 is 0 Å². The van der Waals surface area contributed by atoms with Gasteiger partial charge in [0.1, 0.15) is 0 Å². The fraction of sp³-hybridized carbons (Fsp3) is 0.200. The predicted octanol–water partition coefficient (Wildman–Crippen LogP) is 2.74. The normalized spacial score (nSPS) is 10.5. The molecule has 0 aliphatic rings. The average Bonchev–Trinajstić information content (AvgIpc) is 2.76. The van der Waals surface area contributed by atoms with Gasteiger partial charge in [-0.15, -0.1) is 28.3 Å². The third-order valence-corrected chi connectivity index (χ3v) is 2.68. The van der Waals surface area contributed by atoms with Gasteiger partial charge in [-0.3, -0.25) is 0 Å². The van der Waals surface area contributed by atoms with E-state index in [0.717, 1.165) is 16.9 Å². The molecule has 0 radical (unpaired) electrons. The lowest BCUT2D eigenvalue weighted by Gasteiger charge is -2.07. The molecule has 3 nitrogen and oxygen atoms in total. The number of rotatable bonds is 3. The van der Waals surface area contributed by atoms with Gasteiger partial charge in [-0.05, 0) is 11.6 Å². The zero-order chi connectivity index (χ0) is 10.7. The first kappa shape index (κ1) is 10.5. The van der Waals surface area contributed by atoms with E-state index in [9.17, 15) is 0 Å². The standard InChI is InChI=1S/C10H9Cl2N3/c11-5-8-3-1-2-4-10(8)15-9(6-12)7-13-14-15/h1-4,7H,5-6H2. The topological polar surface area (TPSA) is 30.7 Å². The van der Waals surface area contributed by atoms with E-state index >= 15 is 0 Å².